The molecule has 1 fully saturated rings. The summed E-state index contributed by atoms with van der Waals surface area (Å²) in [4.78, 5) is 18.3. The summed E-state index contributed by atoms with van der Waals surface area (Å²) in [6.07, 6.45) is 3.28. The number of benzene rings is 1. The highest BCUT2D eigenvalue weighted by Crippen LogP contribution is 2.26. The van der Waals surface area contributed by atoms with Crippen LogP contribution in [0, 0.1) is 6.92 Å². The number of pyridine rings is 1. The van der Waals surface area contributed by atoms with Gasteiger partial charge in [-0.1, -0.05) is 47.7 Å². The topological polar surface area (TPSA) is 63.9 Å². The fourth-order valence-corrected chi connectivity index (χ4v) is 4.00. The normalized spacial score (nSPS) is 14.1. The number of rotatable bonds is 6. The van der Waals surface area contributed by atoms with E-state index in [1.54, 1.807) is 18.0 Å². The van der Waals surface area contributed by atoms with Crippen LogP contribution in [0.15, 0.2) is 53.8 Å². The fraction of sp³-hybridized carbons (Fsp3) is 0.300. The first-order chi connectivity index (χ1) is 13.2. The highest BCUT2D eigenvalue weighted by atomic mass is 32.2. The van der Waals surface area contributed by atoms with Crippen LogP contribution in [0.1, 0.15) is 29.8 Å². The Balaban J connectivity index is 1.60. The molecule has 1 saturated heterocycles. The van der Waals surface area contributed by atoms with Gasteiger partial charge in [0.05, 0.1) is 6.54 Å². The molecule has 0 aliphatic carbocycles. The summed E-state index contributed by atoms with van der Waals surface area (Å²) in [5, 5.41) is 9.55. The van der Waals surface area contributed by atoms with E-state index in [0.29, 0.717) is 13.0 Å². The number of hydrogen-bond donors (Lipinski definition) is 0. The lowest BCUT2D eigenvalue weighted by atomic mass is 10.2. The zero-order valence-electron chi connectivity index (χ0n) is 15.2. The Hall–Kier alpha value is -2.67. The third-order valence-electron chi connectivity index (χ3n) is 4.57. The Morgan fingerprint density at radius 3 is 2.67 bits per heavy atom. The van der Waals surface area contributed by atoms with Crippen LogP contribution in [0.4, 0.5) is 0 Å². The van der Waals surface area contributed by atoms with E-state index in [-0.39, 0.29) is 5.91 Å². The van der Waals surface area contributed by atoms with Gasteiger partial charge in [0.25, 0.3) is 0 Å². The van der Waals surface area contributed by atoms with Crippen LogP contribution in [0.2, 0.25) is 0 Å². The summed E-state index contributed by atoms with van der Waals surface area (Å²) in [6, 6.07) is 14.3. The van der Waals surface area contributed by atoms with Crippen molar-refractivity contribution in [2.75, 3.05) is 6.54 Å². The highest BCUT2D eigenvalue weighted by molar-refractivity contribution is 7.98. The predicted octanol–water partition coefficient (Wildman–Crippen LogP) is 3.39. The van der Waals surface area contributed by atoms with E-state index < -0.39 is 0 Å². The maximum absolute atomic E-state index is 12.0. The van der Waals surface area contributed by atoms with Crippen molar-refractivity contribution in [3.05, 3.63) is 65.6 Å². The van der Waals surface area contributed by atoms with Crippen molar-refractivity contribution >= 4 is 17.7 Å². The van der Waals surface area contributed by atoms with E-state index in [0.717, 1.165) is 35.5 Å². The van der Waals surface area contributed by atoms with Gasteiger partial charge in [-0.15, -0.1) is 10.2 Å². The molecule has 1 aliphatic rings. The van der Waals surface area contributed by atoms with Crippen molar-refractivity contribution in [2.45, 2.75) is 37.2 Å². The molecule has 7 heteroatoms. The average molecular weight is 379 g/mol. The molecule has 0 atom stereocenters. The van der Waals surface area contributed by atoms with E-state index in [1.807, 2.05) is 27.7 Å². The number of thioether (sulfide) groups is 1. The first-order valence-electron chi connectivity index (χ1n) is 9.02. The van der Waals surface area contributed by atoms with Crippen molar-refractivity contribution in [1.29, 1.82) is 0 Å². The minimum absolute atomic E-state index is 0.180. The largest absolute Gasteiger partial charge is 0.335 e. The van der Waals surface area contributed by atoms with Crippen molar-refractivity contribution < 1.29 is 4.79 Å². The summed E-state index contributed by atoms with van der Waals surface area (Å²) in [6.45, 7) is 3.33. The maximum Gasteiger partial charge on any atom is 0.223 e. The molecule has 3 heterocycles. The minimum Gasteiger partial charge on any atom is -0.335 e. The fourth-order valence-electron chi connectivity index (χ4n) is 3.09. The van der Waals surface area contributed by atoms with Crippen LogP contribution in [0.3, 0.4) is 0 Å². The lowest BCUT2D eigenvalue weighted by Crippen LogP contribution is -2.25. The second kappa shape index (κ2) is 7.92. The van der Waals surface area contributed by atoms with E-state index in [2.05, 4.69) is 46.4 Å². The standard InChI is InChI=1S/C20H21N5OS/c1-15-7-9-16(10-8-15)14-27-20-23-22-18(13-24-12-4-6-19(24)26)25(20)17-5-2-3-11-21-17/h2-3,5,7-11H,4,6,12-14H2,1H3. The molecule has 4 rings (SSSR count). The van der Waals surface area contributed by atoms with Crippen LogP contribution < -0.4 is 0 Å². The van der Waals surface area contributed by atoms with Crippen molar-refractivity contribution in [1.82, 2.24) is 24.6 Å². The Kier molecular flexibility index (Phi) is 5.20. The van der Waals surface area contributed by atoms with Crippen LogP contribution >= 0.6 is 11.8 Å². The molecule has 1 amide bonds. The van der Waals surface area contributed by atoms with Crippen LogP contribution in [0.25, 0.3) is 5.82 Å². The van der Waals surface area contributed by atoms with Crippen LogP contribution in [-0.4, -0.2) is 37.1 Å². The van der Waals surface area contributed by atoms with Gasteiger partial charge in [-0.2, -0.15) is 0 Å². The summed E-state index contributed by atoms with van der Waals surface area (Å²) in [5.74, 6) is 2.50. The number of carbonyl (C=O) groups excluding carboxylic acids is 1. The smallest absolute Gasteiger partial charge is 0.223 e. The molecular weight excluding hydrogens is 358 g/mol. The van der Waals surface area contributed by atoms with Gasteiger partial charge in [0.1, 0.15) is 5.82 Å². The van der Waals surface area contributed by atoms with Crippen LogP contribution in [-0.2, 0) is 17.1 Å². The number of carbonyl (C=O) groups is 1. The van der Waals surface area contributed by atoms with E-state index in [4.69, 9.17) is 0 Å². The molecule has 3 aromatic rings. The van der Waals surface area contributed by atoms with Gasteiger partial charge in [0.15, 0.2) is 11.0 Å². The molecule has 0 radical (unpaired) electrons. The SMILES string of the molecule is Cc1ccc(CSc2nnc(CN3CCCC3=O)n2-c2ccccn2)cc1. The third-order valence-corrected chi connectivity index (χ3v) is 5.57. The Labute approximate surface area is 162 Å². The number of likely N-dealkylation sites (tertiary alicyclic amines) is 1. The summed E-state index contributed by atoms with van der Waals surface area (Å²) >= 11 is 1.63. The quantitative estimate of drug-likeness (QED) is 0.614. The molecule has 1 aliphatic heterocycles. The van der Waals surface area contributed by atoms with E-state index in [9.17, 15) is 4.79 Å². The molecule has 27 heavy (non-hydrogen) atoms. The summed E-state index contributed by atoms with van der Waals surface area (Å²) < 4.78 is 1.96. The maximum atomic E-state index is 12.0. The Morgan fingerprint density at radius 2 is 1.96 bits per heavy atom. The van der Waals surface area contributed by atoms with Gasteiger partial charge < -0.3 is 4.90 Å². The van der Waals surface area contributed by atoms with Gasteiger partial charge in [-0.3, -0.25) is 9.36 Å². The van der Waals surface area contributed by atoms with E-state index in [1.165, 1.54) is 11.1 Å². The molecule has 1 aromatic carbocycles. The molecule has 138 valence electrons. The zero-order chi connectivity index (χ0) is 18.6. The molecule has 0 bridgehead atoms. The minimum atomic E-state index is 0.180. The van der Waals surface area contributed by atoms with Crippen molar-refractivity contribution in [3.8, 4) is 5.82 Å². The number of aryl methyl sites for hydroxylation is 1. The molecule has 0 N–H and O–H groups in total. The van der Waals surface area contributed by atoms with Crippen molar-refractivity contribution in [3.63, 3.8) is 0 Å². The first-order valence-corrected chi connectivity index (χ1v) is 10.0. The monoisotopic (exact) mass is 379 g/mol. The Bertz CT molecular complexity index is 923. The van der Waals surface area contributed by atoms with Crippen LogP contribution in [0.5, 0.6) is 0 Å². The lowest BCUT2D eigenvalue weighted by Gasteiger charge is -2.16. The molecule has 2 aromatic heterocycles. The summed E-state index contributed by atoms with van der Waals surface area (Å²) in [7, 11) is 0. The number of aromatic nitrogens is 4. The molecule has 0 saturated carbocycles. The second-order valence-corrected chi connectivity index (χ2v) is 7.56. The number of amides is 1. The van der Waals surface area contributed by atoms with Gasteiger partial charge in [-0.05, 0) is 31.0 Å². The Morgan fingerprint density at radius 1 is 1.11 bits per heavy atom. The third kappa shape index (κ3) is 4.03. The summed E-state index contributed by atoms with van der Waals surface area (Å²) in [5.41, 5.74) is 2.48. The van der Waals surface area contributed by atoms with E-state index >= 15 is 0 Å². The lowest BCUT2D eigenvalue weighted by molar-refractivity contribution is -0.128. The molecular formula is C20H21N5OS. The molecule has 0 unspecified atom stereocenters. The van der Waals surface area contributed by atoms with Gasteiger partial charge >= 0.3 is 0 Å². The molecule has 6 nitrogen and oxygen atoms in total. The van der Waals surface area contributed by atoms with Gasteiger partial charge in [0.2, 0.25) is 5.91 Å². The number of hydrogen-bond acceptors (Lipinski definition) is 5. The highest BCUT2D eigenvalue weighted by Gasteiger charge is 2.24. The zero-order valence-corrected chi connectivity index (χ0v) is 16.0. The number of nitrogens with zero attached hydrogens (tertiary/aromatic N) is 5. The predicted molar refractivity (Wildman–Crippen MR) is 105 cm³/mol. The average Bonchev–Trinajstić information content (AvgIpc) is 3.28. The second-order valence-electron chi connectivity index (χ2n) is 6.62. The first kappa shape index (κ1) is 17.7. The van der Waals surface area contributed by atoms with Crippen molar-refractivity contribution in [2.24, 2.45) is 0 Å². The molecule has 0 spiro atoms. The van der Waals surface area contributed by atoms with Gasteiger partial charge in [0, 0.05) is 24.9 Å². The van der Waals surface area contributed by atoms with Gasteiger partial charge in [-0.25, -0.2) is 4.98 Å².